The number of hydrogen-bond acceptors (Lipinski definition) is 6. The third-order valence-electron chi connectivity index (χ3n) is 2.46. The minimum absolute atomic E-state index is 0.0562. The van der Waals surface area contributed by atoms with Crippen molar-refractivity contribution in [2.24, 2.45) is 5.92 Å². The van der Waals surface area contributed by atoms with Crippen LogP contribution in [0.5, 0.6) is 0 Å². The van der Waals surface area contributed by atoms with E-state index in [0.29, 0.717) is 24.4 Å². The highest BCUT2D eigenvalue weighted by atomic mass is 16.5. The fraction of sp³-hybridized carbons (Fsp3) is 0.417. The summed E-state index contributed by atoms with van der Waals surface area (Å²) in [6, 6.07) is 0. The second-order valence-electron chi connectivity index (χ2n) is 4.50. The molecule has 0 aliphatic carbocycles. The predicted octanol–water partition coefficient (Wildman–Crippen LogP) is 1.14. The van der Waals surface area contributed by atoms with E-state index in [1.54, 1.807) is 0 Å². The van der Waals surface area contributed by atoms with Crippen molar-refractivity contribution in [3.63, 3.8) is 0 Å². The molecular formula is C12H14N4O3. The van der Waals surface area contributed by atoms with Crippen LogP contribution in [0.2, 0.25) is 0 Å². The molecule has 0 saturated heterocycles. The van der Waals surface area contributed by atoms with Gasteiger partial charge in [-0.1, -0.05) is 13.8 Å². The van der Waals surface area contributed by atoms with E-state index in [4.69, 9.17) is 4.74 Å². The van der Waals surface area contributed by atoms with Gasteiger partial charge in [-0.3, -0.25) is 4.79 Å². The van der Waals surface area contributed by atoms with Gasteiger partial charge < -0.3 is 4.74 Å². The summed E-state index contributed by atoms with van der Waals surface area (Å²) in [4.78, 5) is 30.1. The molecule has 0 fully saturated rings. The number of carbonyl (C=O) groups excluding carboxylic acids is 2. The lowest BCUT2D eigenvalue weighted by molar-refractivity contribution is 0.0474. The van der Waals surface area contributed by atoms with Crippen molar-refractivity contribution in [3.05, 3.63) is 23.8 Å². The zero-order valence-corrected chi connectivity index (χ0v) is 10.7. The van der Waals surface area contributed by atoms with Gasteiger partial charge in [-0.2, -0.15) is 4.98 Å². The number of hydrogen-bond donors (Lipinski definition) is 0. The summed E-state index contributed by atoms with van der Waals surface area (Å²) in [6.07, 6.45) is 4.25. The second-order valence-corrected chi connectivity index (χ2v) is 4.50. The minimum Gasteiger partial charge on any atom is -0.460 e. The van der Waals surface area contributed by atoms with Crippen LogP contribution in [0.15, 0.2) is 12.4 Å². The Labute approximate surface area is 109 Å². The van der Waals surface area contributed by atoms with E-state index < -0.39 is 5.97 Å². The molecular weight excluding hydrogens is 248 g/mol. The summed E-state index contributed by atoms with van der Waals surface area (Å²) in [7, 11) is 0. The molecule has 0 bridgehead atoms. The molecule has 0 unspecified atom stereocenters. The minimum atomic E-state index is -0.584. The van der Waals surface area contributed by atoms with Gasteiger partial charge in [0.05, 0.1) is 12.2 Å². The van der Waals surface area contributed by atoms with Crippen LogP contribution in [0.25, 0.3) is 5.78 Å². The number of carbonyl (C=O) groups is 2. The molecule has 0 aliphatic heterocycles. The smallest absolute Gasteiger partial charge is 0.378 e. The summed E-state index contributed by atoms with van der Waals surface area (Å²) < 4.78 is 6.33. The quantitative estimate of drug-likeness (QED) is 0.593. The van der Waals surface area contributed by atoms with Crippen molar-refractivity contribution in [2.45, 2.75) is 20.3 Å². The molecule has 0 aromatic carbocycles. The summed E-state index contributed by atoms with van der Waals surface area (Å²) in [5, 5.41) is 3.93. The van der Waals surface area contributed by atoms with Crippen LogP contribution in [0, 0.1) is 5.92 Å². The summed E-state index contributed by atoms with van der Waals surface area (Å²) in [5.74, 6) is 0.0677. The number of esters is 1. The topological polar surface area (TPSA) is 86.5 Å². The molecule has 0 aliphatic rings. The first kappa shape index (κ1) is 13.1. The predicted molar refractivity (Wildman–Crippen MR) is 65.9 cm³/mol. The van der Waals surface area contributed by atoms with Crippen molar-refractivity contribution in [1.82, 2.24) is 19.6 Å². The summed E-state index contributed by atoms with van der Waals surface area (Å²) in [5.41, 5.74) is 0.358. The van der Waals surface area contributed by atoms with Gasteiger partial charge in [-0.25, -0.2) is 14.3 Å². The van der Waals surface area contributed by atoms with Crippen LogP contribution in [-0.4, -0.2) is 38.4 Å². The Balaban J connectivity index is 2.12. The summed E-state index contributed by atoms with van der Waals surface area (Å²) >= 11 is 0. The number of nitrogens with zero attached hydrogens (tertiary/aromatic N) is 4. The molecule has 0 atom stereocenters. The average molecular weight is 262 g/mol. The van der Waals surface area contributed by atoms with E-state index in [1.807, 2.05) is 13.8 Å². The molecule has 7 nitrogen and oxygen atoms in total. The Morgan fingerprint density at radius 2 is 2.32 bits per heavy atom. The Morgan fingerprint density at radius 1 is 1.53 bits per heavy atom. The Hall–Kier alpha value is -2.31. The molecule has 0 saturated carbocycles. The molecule has 2 heterocycles. The molecule has 0 radical (unpaired) electrons. The van der Waals surface area contributed by atoms with Crippen molar-refractivity contribution in [3.8, 4) is 0 Å². The first-order valence-electron chi connectivity index (χ1n) is 5.95. The van der Waals surface area contributed by atoms with E-state index >= 15 is 0 Å². The van der Waals surface area contributed by atoms with Crippen molar-refractivity contribution < 1.29 is 14.3 Å². The second kappa shape index (κ2) is 5.55. The third kappa shape index (κ3) is 3.12. The van der Waals surface area contributed by atoms with E-state index in [0.717, 1.165) is 6.42 Å². The van der Waals surface area contributed by atoms with E-state index in [9.17, 15) is 9.59 Å². The SMILES string of the molecule is CC(C)CCOC(=O)c1nc2ncc(C=O)cn2n1. The van der Waals surface area contributed by atoms with E-state index in [1.165, 1.54) is 16.9 Å². The van der Waals surface area contributed by atoms with Crippen LogP contribution in [0.3, 0.4) is 0 Å². The zero-order chi connectivity index (χ0) is 13.8. The Kier molecular flexibility index (Phi) is 3.84. The van der Waals surface area contributed by atoms with Crippen LogP contribution in [-0.2, 0) is 4.74 Å². The molecule has 0 N–H and O–H groups in total. The normalized spacial score (nSPS) is 10.9. The lowest BCUT2D eigenvalue weighted by Gasteiger charge is -2.04. The average Bonchev–Trinajstić information content (AvgIpc) is 2.80. The summed E-state index contributed by atoms with van der Waals surface area (Å²) in [6.45, 7) is 4.42. The lowest BCUT2D eigenvalue weighted by atomic mass is 10.1. The van der Waals surface area contributed by atoms with E-state index in [2.05, 4.69) is 15.1 Å². The largest absolute Gasteiger partial charge is 0.460 e. The fourth-order valence-electron chi connectivity index (χ4n) is 1.40. The third-order valence-corrected chi connectivity index (χ3v) is 2.46. The monoisotopic (exact) mass is 262 g/mol. The van der Waals surface area contributed by atoms with Gasteiger partial charge in [0.2, 0.25) is 0 Å². The molecule has 2 rings (SSSR count). The lowest BCUT2D eigenvalue weighted by Crippen LogP contribution is -2.10. The number of aldehydes is 1. The number of ether oxygens (including phenoxy) is 1. The maximum atomic E-state index is 11.7. The van der Waals surface area contributed by atoms with Gasteiger partial charge >= 0.3 is 5.97 Å². The Bertz CT molecular complexity index is 606. The number of rotatable bonds is 5. The van der Waals surface area contributed by atoms with Gasteiger partial charge in [0, 0.05) is 12.4 Å². The van der Waals surface area contributed by atoms with Crippen molar-refractivity contribution in [2.75, 3.05) is 6.61 Å². The van der Waals surface area contributed by atoms with Crippen molar-refractivity contribution >= 4 is 18.0 Å². The zero-order valence-electron chi connectivity index (χ0n) is 10.7. The van der Waals surface area contributed by atoms with Crippen LogP contribution >= 0.6 is 0 Å². The van der Waals surface area contributed by atoms with Crippen LogP contribution < -0.4 is 0 Å². The molecule has 7 heteroatoms. The first-order chi connectivity index (χ1) is 9.10. The van der Waals surface area contributed by atoms with Crippen LogP contribution in [0.4, 0.5) is 0 Å². The maximum absolute atomic E-state index is 11.7. The molecule has 2 aromatic rings. The standard InChI is InChI=1S/C12H14N4O3/c1-8(2)3-4-19-11(18)10-14-12-13-5-9(7-17)6-16(12)15-10/h5-8H,3-4H2,1-2H3. The fourth-order valence-corrected chi connectivity index (χ4v) is 1.40. The van der Waals surface area contributed by atoms with Crippen molar-refractivity contribution in [1.29, 1.82) is 0 Å². The van der Waals surface area contributed by atoms with Gasteiger partial charge in [-0.15, -0.1) is 5.10 Å². The van der Waals surface area contributed by atoms with Gasteiger partial charge in [-0.05, 0) is 12.3 Å². The number of aromatic nitrogens is 4. The Morgan fingerprint density at radius 3 is 3.00 bits per heavy atom. The molecule has 19 heavy (non-hydrogen) atoms. The highest BCUT2D eigenvalue weighted by Gasteiger charge is 2.15. The van der Waals surface area contributed by atoms with Gasteiger partial charge in [0.15, 0.2) is 6.29 Å². The maximum Gasteiger partial charge on any atom is 0.378 e. The highest BCUT2D eigenvalue weighted by molar-refractivity contribution is 5.85. The highest BCUT2D eigenvalue weighted by Crippen LogP contribution is 2.04. The number of fused-ring (bicyclic) bond motifs is 1. The van der Waals surface area contributed by atoms with Crippen LogP contribution in [0.1, 0.15) is 41.2 Å². The molecule has 2 aromatic heterocycles. The van der Waals surface area contributed by atoms with Gasteiger partial charge in [0.25, 0.3) is 11.6 Å². The van der Waals surface area contributed by atoms with Gasteiger partial charge in [0.1, 0.15) is 0 Å². The first-order valence-corrected chi connectivity index (χ1v) is 5.95. The molecule has 0 amide bonds. The molecule has 100 valence electrons. The molecule has 0 spiro atoms. The van der Waals surface area contributed by atoms with E-state index in [-0.39, 0.29) is 11.6 Å².